The Kier molecular flexibility index (Phi) is 4.99. The molecule has 8 heteroatoms. The van der Waals surface area contributed by atoms with Crippen molar-refractivity contribution in [1.29, 1.82) is 0 Å². The van der Waals surface area contributed by atoms with Crippen molar-refractivity contribution in [2.75, 3.05) is 5.32 Å². The van der Waals surface area contributed by atoms with Gasteiger partial charge in [0.2, 0.25) is 5.91 Å². The Morgan fingerprint density at radius 1 is 1.23 bits per heavy atom. The first kappa shape index (κ1) is 17.6. The summed E-state index contributed by atoms with van der Waals surface area (Å²) in [6, 6.07) is 11.3. The highest BCUT2D eigenvalue weighted by molar-refractivity contribution is 6.31. The summed E-state index contributed by atoms with van der Waals surface area (Å²) in [6.07, 6.45) is 1.17. The van der Waals surface area contributed by atoms with Crippen molar-refractivity contribution >= 4 is 23.2 Å². The van der Waals surface area contributed by atoms with Gasteiger partial charge in [0.25, 0.3) is 5.56 Å². The third-order valence-corrected chi connectivity index (χ3v) is 3.81. The lowest BCUT2D eigenvalue weighted by Gasteiger charge is -2.09. The zero-order chi connectivity index (χ0) is 18.7. The van der Waals surface area contributed by atoms with Crippen molar-refractivity contribution in [3.63, 3.8) is 0 Å². The summed E-state index contributed by atoms with van der Waals surface area (Å²) in [7, 11) is 0. The zero-order valence-corrected chi connectivity index (χ0v) is 14.1. The van der Waals surface area contributed by atoms with Crippen molar-refractivity contribution in [2.45, 2.75) is 6.54 Å². The molecule has 1 aromatic heterocycles. The highest BCUT2D eigenvalue weighted by Crippen LogP contribution is 2.26. The lowest BCUT2D eigenvalue weighted by Crippen LogP contribution is -2.27. The number of benzene rings is 2. The molecule has 0 fully saturated rings. The van der Waals surface area contributed by atoms with Crippen molar-refractivity contribution in [1.82, 2.24) is 9.55 Å². The molecule has 132 valence electrons. The van der Waals surface area contributed by atoms with E-state index in [-0.39, 0.29) is 29.2 Å². The number of anilines is 1. The van der Waals surface area contributed by atoms with Crippen LogP contribution in [-0.2, 0) is 11.3 Å². The van der Waals surface area contributed by atoms with Crippen LogP contribution in [0.25, 0.3) is 11.3 Å². The van der Waals surface area contributed by atoms with E-state index in [0.29, 0.717) is 5.02 Å². The van der Waals surface area contributed by atoms with Crippen LogP contribution >= 0.6 is 11.6 Å². The Bertz CT molecular complexity index is 1040. The van der Waals surface area contributed by atoms with Gasteiger partial charge in [-0.3, -0.25) is 14.2 Å². The molecule has 3 rings (SSSR count). The fraction of sp³-hybridized carbons (Fsp3) is 0.0556. The number of nitrogens with zero attached hydrogens (tertiary/aromatic N) is 2. The Morgan fingerprint density at radius 2 is 2.00 bits per heavy atom. The van der Waals surface area contributed by atoms with Crippen LogP contribution in [-0.4, -0.2) is 20.6 Å². The second-order valence-electron chi connectivity index (χ2n) is 5.43. The van der Waals surface area contributed by atoms with Gasteiger partial charge in [-0.05, 0) is 30.3 Å². The summed E-state index contributed by atoms with van der Waals surface area (Å²) in [5.74, 6) is -1.19. The number of hydrogen-bond acceptors (Lipinski definition) is 4. The number of aromatic nitrogens is 2. The molecule has 26 heavy (non-hydrogen) atoms. The maximum atomic E-state index is 13.8. The average molecular weight is 374 g/mol. The largest absolute Gasteiger partial charge is 0.506 e. The predicted octanol–water partition coefficient (Wildman–Crippen LogP) is 3.05. The van der Waals surface area contributed by atoms with E-state index in [9.17, 15) is 19.1 Å². The maximum absolute atomic E-state index is 13.8. The highest BCUT2D eigenvalue weighted by atomic mass is 35.5. The standard InChI is InChI=1S/C18H13ClFN3O3/c19-11-5-6-16(24)15(7-11)22-17(25)9-23-10-21-14(8-18(23)26)12-3-1-2-4-13(12)20/h1-8,10,24H,9H2,(H,22,25). The molecule has 0 saturated heterocycles. The molecule has 3 aromatic rings. The molecule has 0 bridgehead atoms. The van der Waals surface area contributed by atoms with Gasteiger partial charge < -0.3 is 10.4 Å². The second kappa shape index (κ2) is 7.37. The molecule has 0 aliphatic heterocycles. The molecular formula is C18H13ClFN3O3. The van der Waals surface area contributed by atoms with Crippen LogP contribution in [0.2, 0.25) is 5.02 Å². The molecule has 2 aromatic carbocycles. The number of nitrogens with one attached hydrogen (secondary N) is 1. The van der Waals surface area contributed by atoms with Crippen LogP contribution in [0.3, 0.4) is 0 Å². The summed E-state index contributed by atoms with van der Waals surface area (Å²) in [4.78, 5) is 28.3. The smallest absolute Gasteiger partial charge is 0.254 e. The number of aromatic hydroxyl groups is 1. The molecule has 0 spiro atoms. The van der Waals surface area contributed by atoms with Gasteiger partial charge in [0.1, 0.15) is 18.1 Å². The van der Waals surface area contributed by atoms with Gasteiger partial charge in [-0.1, -0.05) is 23.7 Å². The molecular weight excluding hydrogens is 361 g/mol. The monoisotopic (exact) mass is 373 g/mol. The topological polar surface area (TPSA) is 84.2 Å². The van der Waals surface area contributed by atoms with Crippen molar-refractivity contribution in [3.05, 3.63) is 76.1 Å². The quantitative estimate of drug-likeness (QED) is 0.688. The Balaban J connectivity index is 1.78. The molecule has 0 radical (unpaired) electrons. The van der Waals surface area contributed by atoms with Gasteiger partial charge in [0.05, 0.1) is 17.7 Å². The first-order chi connectivity index (χ1) is 12.4. The van der Waals surface area contributed by atoms with E-state index in [0.717, 1.165) is 10.6 Å². The lowest BCUT2D eigenvalue weighted by atomic mass is 10.1. The van der Waals surface area contributed by atoms with E-state index in [1.807, 2.05) is 0 Å². The molecule has 0 atom stereocenters. The molecule has 0 saturated carbocycles. The average Bonchev–Trinajstić information content (AvgIpc) is 2.60. The fourth-order valence-corrected chi connectivity index (χ4v) is 2.49. The van der Waals surface area contributed by atoms with Crippen molar-refractivity contribution in [3.8, 4) is 17.0 Å². The fourth-order valence-electron chi connectivity index (χ4n) is 2.31. The molecule has 1 heterocycles. The van der Waals surface area contributed by atoms with Gasteiger partial charge in [-0.2, -0.15) is 0 Å². The normalized spacial score (nSPS) is 10.5. The molecule has 1 amide bonds. The van der Waals surface area contributed by atoms with Crippen LogP contribution in [0.4, 0.5) is 10.1 Å². The van der Waals surface area contributed by atoms with Crippen LogP contribution in [0.5, 0.6) is 5.75 Å². The Hall–Kier alpha value is -3.19. The number of phenols is 1. The molecule has 2 N–H and O–H groups in total. The molecule has 6 nitrogen and oxygen atoms in total. The molecule has 0 aliphatic rings. The van der Waals surface area contributed by atoms with Crippen LogP contribution < -0.4 is 10.9 Å². The van der Waals surface area contributed by atoms with E-state index in [2.05, 4.69) is 10.3 Å². The summed E-state index contributed by atoms with van der Waals surface area (Å²) < 4.78 is 14.9. The summed E-state index contributed by atoms with van der Waals surface area (Å²) in [5, 5.41) is 12.5. The molecule has 0 unspecified atom stereocenters. The van der Waals surface area contributed by atoms with Gasteiger partial charge in [0.15, 0.2) is 0 Å². The minimum atomic E-state index is -0.551. The summed E-state index contributed by atoms with van der Waals surface area (Å²) >= 11 is 5.82. The number of hydrogen-bond donors (Lipinski definition) is 2. The minimum absolute atomic E-state index is 0.131. The van der Waals surface area contributed by atoms with Crippen molar-refractivity contribution in [2.24, 2.45) is 0 Å². The van der Waals surface area contributed by atoms with E-state index >= 15 is 0 Å². The van der Waals surface area contributed by atoms with Gasteiger partial charge in [-0.25, -0.2) is 9.37 Å². The highest BCUT2D eigenvalue weighted by Gasteiger charge is 2.11. The predicted molar refractivity (Wildman–Crippen MR) is 95.6 cm³/mol. The number of amides is 1. The first-order valence-electron chi connectivity index (χ1n) is 7.54. The van der Waals surface area contributed by atoms with Crippen LogP contribution in [0, 0.1) is 5.82 Å². The number of halogens is 2. The van der Waals surface area contributed by atoms with Gasteiger partial charge in [-0.15, -0.1) is 0 Å². The number of carbonyl (C=O) groups is 1. The Labute approximate surface area is 152 Å². The van der Waals surface area contributed by atoms with Crippen LogP contribution in [0.15, 0.2) is 59.7 Å². The summed E-state index contributed by atoms with van der Waals surface area (Å²) in [6.45, 7) is -0.324. The summed E-state index contributed by atoms with van der Waals surface area (Å²) in [5.41, 5.74) is -0.00232. The van der Waals surface area contributed by atoms with E-state index in [1.165, 1.54) is 42.7 Å². The number of rotatable bonds is 4. The van der Waals surface area contributed by atoms with E-state index < -0.39 is 17.3 Å². The maximum Gasteiger partial charge on any atom is 0.254 e. The lowest BCUT2D eigenvalue weighted by molar-refractivity contribution is -0.116. The Morgan fingerprint density at radius 3 is 2.73 bits per heavy atom. The third-order valence-electron chi connectivity index (χ3n) is 3.58. The first-order valence-corrected chi connectivity index (χ1v) is 7.91. The number of phenolic OH excluding ortho intramolecular Hbond substituents is 1. The SMILES string of the molecule is O=C(Cn1cnc(-c2ccccc2F)cc1=O)Nc1cc(Cl)ccc1O. The van der Waals surface area contributed by atoms with E-state index in [4.69, 9.17) is 11.6 Å². The van der Waals surface area contributed by atoms with Crippen molar-refractivity contribution < 1.29 is 14.3 Å². The zero-order valence-electron chi connectivity index (χ0n) is 13.3. The second-order valence-corrected chi connectivity index (χ2v) is 5.87. The van der Waals surface area contributed by atoms with Gasteiger partial charge >= 0.3 is 0 Å². The van der Waals surface area contributed by atoms with Gasteiger partial charge in [0, 0.05) is 16.7 Å². The molecule has 0 aliphatic carbocycles. The number of carbonyl (C=O) groups excluding carboxylic acids is 1. The van der Waals surface area contributed by atoms with Crippen LogP contribution in [0.1, 0.15) is 0 Å². The third kappa shape index (κ3) is 3.89. The van der Waals surface area contributed by atoms with E-state index in [1.54, 1.807) is 6.07 Å². The minimum Gasteiger partial charge on any atom is -0.506 e.